The average molecular weight is 208 g/mol. The van der Waals surface area contributed by atoms with Crippen LogP contribution >= 0.6 is 11.6 Å². The molecule has 5 heteroatoms. The summed E-state index contributed by atoms with van der Waals surface area (Å²) in [4.78, 5) is 12.9. The van der Waals surface area contributed by atoms with E-state index < -0.39 is 6.10 Å². The van der Waals surface area contributed by atoms with Gasteiger partial charge < -0.3 is 14.7 Å². The molecule has 0 aromatic carbocycles. The minimum Gasteiger partial charge on any atom is -0.388 e. The molecule has 1 N–H and O–H groups in total. The zero-order valence-electron chi connectivity index (χ0n) is 7.57. The van der Waals surface area contributed by atoms with Crippen LogP contribution in [0.3, 0.4) is 0 Å². The number of hydrogen-bond acceptors (Lipinski definition) is 3. The van der Waals surface area contributed by atoms with Crippen molar-refractivity contribution in [3.05, 3.63) is 0 Å². The van der Waals surface area contributed by atoms with Crippen LogP contribution in [-0.2, 0) is 9.53 Å². The molecule has 0 bridgehead atoms. The number of carbonyl (C=O) groups is 1. The molecule has 0 radical (unpaired) electrons. The molecule has 0 aromatic rings. The van der Waals surface area contributed by atoms with Gasteiger partial charge in [-0.05, 0) is 0 Å². The van der Waals surface area contributed by atoms with Gasteiger partial charge in [0.1, 0.15) is 6.10 Å². The smallest absolute Gasteiger partial charge is 0.223 e. The molecule has 0 unspecified atom stereocenters. The number of hydrogen-bond donors (Lipinski definition) is 1. The topological polar surface area (TPSA) is 49.8 Å². The number of likely N-dealkylation sites (tertiary alicyclic amines) is 1. The average Bonchev–Trinajstić information content (AvgIpc) is 2.47. The van der Waals surface area contributed by atoms with Crippen molar-refractivity contribution in [2.24, 2.45) is 0 Å². The van der Waals surface area contributed by atoms with E-state index in [-0.39, 0.29) is 12.0 Å². The third kappa shape index (κ3) is 2.56. The molecule has 0 saturated carbocycles. The van der Waals surface area contributed by atoms with Gasteiger partial charge in [0.25, 0.3) is 0 Å². The fourth-order valence-corrected chi connectivity index (χ4v) is 1.59. The zero-order chi connectivity index (χ0) is 9.84. The molecular weight excluding hydrogens is 194 g/mol. The van der Waals surface area contributed by atoms with Crippen molar-refractivity contribution < 1.29 is 14.6 Å². The Bertz CT molecular complexity index is 188. The fourth-order valence-electron chi connectivity index (χ4n) is 1.43. The van der Waals surface area contributed by atoms with Crippen molar-refractivity contribution in [3.8, 4) is 0 Å². The van der Waals surface area contributed by atoms with Crippen LogP contribution in [0.4, 0.5) is 0 Å². The fraction of sp³-hybridized carbons (Fsp3) is 0.875. The molecule has 1 heterocycles. The molecule has 0 spiro atoms. The monoisotopic (exact) mass is 207 g/mol. The molecule has 76 valence electrons. The van der Waals surface area contributed by atoms with E-state index in [0.717, 1.165) is 0 Å². The first-order valence-corrected chi connectivity index (χ1v) is 4.77. The molecule has 0 aromatic heterocycles. The Morgan fingerprint density at radius 2 is 2.38 bits per heavy atom. The second-order valence-corrected chi connectivity index (χ2v) is 3.46. The predicted molar refractivity (Wildman–Crippen MR) is 48.7 cm³/mol. The predicted octanol–water partition coefficient (Wildman–Crippen LogP) is -0.167. The minimum atomic E-state index is -0.565. The van der Waals surface area contributed by atoms with Gasteiger partial charge in [-0.25, -0.2) is 0 Å². The largest absolute Gasteiger partial charge is 0.388 e. The lowest BCUT2D eigenvalue weighted by Crippen LogP contribution is -2.29. The number of halogens is 1. The van der Waals surface area contributed by atoms with Gasteiger partial charge in [0.2, 0.25) is 5.91 Å². The molecule has 2 atom stereocenters. The van der Waals surface area contributed by atoms with Gasteiger partial charge in [-0.1, -0.05) is 0 Å². The van der Waals surface area contributed by atoms with Gasteiger partial charge in [-0.15, -0.1) is 11.6 Å². The molecule has 4 nitrogen and oxygen atoms in total. The van der Waals surface area contributed by atoms with Gasteiger partial charge >= 0.3 is 0 Å². The molecule has 1 aliphatic rings. The highest BCUT2D eigenvalue weighted by Gasteiger charge is 2.33. The van der Waals surface area contributed by atoms with Crippen molar-refractivity contribution in [3.63, 3.8) is 0 Å². The van der Waals surface area contributed by atoms with Crippen LogP contribution in [0.5, 0.6) is 0 Å². The normalized spacial score (nSPS) is 28.1. The molecule has 1 amide bonds. The Morgan fingerprint density at radius 3 is 2.85 bits per heavy atom. The Balaban J connectivity index is 2.43. The van der Waals surface area contributed by atoms with Gasteiger partial charge in [0.05, 0.1) is 6.10 Å². The number of methoxy groups -OCH3 is 1. The van der Waals surface area contributed by atoms with Gasteiger partial charge in [-0.3, -0.25) is 4.79 Å². The Kier molecular flexibility index (Phi) is 3.96. The van der Waals surface area contributed by atoms with E-state index in [9.17, 15) is 9.90 Å². The Hall–Kier alpha value is -0.320. The quantitative estimate of drug-likeness (QED) is 0.654. The summed E-state index contributed by atoms with van der Waals surface area (Å²) < 4.78 is 5.01. The summed E-state index contributed by atoms with van der Waals surface area (Å²) in [7, 11) is 1.53. The number of rotatable bonds is 3. The molecule has 1 rings (SSSR count). The number of carbonyl (C=O) groups excluding carboxylic acids is 1. The summed E-state index contributed by atoms with van der Waals surface area (Å²) >= 11 is 5.44. The van der Waals surface area contributed by atoms with Crippen molar-refractivity contribution in [2.45, 2.75) is 18.6 Å². The number of β-amino-alcohol motifs (C(OH)–C–C–N with tert-alkyl or cyclic N) is 1. The van der Waals surface area contributed by atoms with Crippen LogP contribution in [0, 0.1) is 0 Å². The van der Waals surface area contributed by atoms with E-state index in [1.54, 1.807) is 4.90 Å². The highest BCUT2D eigenvalue weighted by molar-refractivity contribution is 6.18. The van der Waals surface area contributed by atoms with Crippen LogP contribution in [0.15, 0.2) is 0 Å². The SMILES string of the molecule is CO[C@H]1CN(C(=O)CCCl)C[C@@H]1O. The number of nitrogens with zero attached hydrogens (tertiary/aromatic N) is 1. The summed E-state index contributed by atoms with van der Waals surface area (Å²) in [5.41, 5.74) is 0. The lowest BCUT2D eigenvalue weighted by atomic mass is 10.3. The maximum absolute atomic E-state index is 11.3. The number of alkyl halides is 1. The second-order valence-electron chi connectivity index (χ2n) is 3.08. The van der Waals surface area contributed by atoms with Crippen LogP contribution in [-0.4, -0.2) is 54.2 Å². The molecule has 1 aliphatic heterocycles. The maximum atomic E-state index is 11.3. The van der Waals surface area contributed by atoms with E-state index in [2.05, 4.69) is 0 Å². The van der Waals surface area contributed by atoms with E-state index in [1.807, 2.05) is 0 Å². The standard InChI is InChI=1S/C8H14ClNO3/c1-13-7-5-10(4-6(7)11)8(12)2-3-9/h6-7,11H,2-5H2,1H3/t6-,7-/m0/s1. The molecule has 1 saturated heterocycles. The summed E-state index contributed by atoms with van der Waals surface area (Å²) in [6, 6.07) is 0. The Labute approximate surface area is 82.4 Å². The first-order valence-electron chi connectivity index (χ1n) is 4.23. The zero-order valence-corrected chi connectivity index (χ0v) is 8.33. The van der Waals surface area contributed by atoms with Crippen LogP contribution in [0.2, 0.25) is 0 Å². The van der Waals surface area contributed by atoms with Gasteiger partial charge in [0, 0.05) is 32.5 Å². The van der Waals surface area contributed by atoms with Crippen LogP contribution in [0.1, 0.15) is 6.42 Å². The molecule has 1 fully saturated rings. The minimum absolute atomic E-state index is 0.0198. The maximum Gasteiger partial charge on any atom is 0.223 e. The van der Waals surface area contributed by atoms with Gasteiger partial charge in [0.15, 0.2) is 0 Å². The first kappa shape index (κ1) is 10.8. The third-order valence-corrected chi connectivity index (χ3v) is 2.39. The number of aliphatic hydroxyl groups is 1. The summed E-state index contributed by atoms with van der Waals surface area (Å²) in [6.07, 6.45) is -0.492. The number of ether oxygens (including phenoxy) is 1. The van der Waals surface area contributed by atoms with Crippen LogP contribution in [0.25, 0.3) is 0 Å². The van der Waals surface area contributed by atoms with E-state index in [1.165, 1.54) is 7.11 Å². The van der Waals surface area contributed by atoms with Crippen molar-refractivity contribution in [2.75, 3.05) is 26.1 Å². The van der Waals surface area contributed by atoms with Crippen LogP contribution < -0.4 is 0 Å². The third-order valence-electron chi connectivity index (χ3n) is 2.20. The van der Waals surface area contributed by atoms with Gasteiger partial charge in [-0.2, -0.15) is 0 Å². The van der Waals surface area contributed by atoms with Crippen molar-refractivity contribution >= 4 is 17.5 Å². The van der Waals surface area contributed by atoms with E-state index in [4.69, 9.17) is 16.3 Å². The number of aliphatic hydroxyl groups excluding tert-OH is 1. The first-order chi connectivity index (χ1) is 6.19. The summed E-state index contributed by atoms with van der Waals surface area (Å²) in [5.74, 6) is 0.303. The van der Waals surface area contributed by atoms with E-state index >= 15 is 0 Å². The highest BCUT2D eigenvalue weighted by Crippen LogP contribution is 2.13. The lowest BCUT2D eigenvalue weighted by Gasteiger charge is -2.14. The molecule has 13 heavy (non-hydrogen) atoms. The summed E-state index contributed by atoms with van der Waals surface area (Å²) in [6.45, 7) is 0.821. The lowest BCUT2D eigenvalue weighted by molar-refractivity contribution is -0.130. The second kappa shape index (κ2) is 4.79. The molecular formula is C8H14ClNO3. The summed E-state index contributed by atoms with van der Waals surface area (Å²) in [5, 5.41) is 9.42. The van der Waals surface area contributed by atoms with E-state index in [0.29, 0.717) is 25.4 Å². The highest BCUT2D eigenvalue weighted by atomic mass is 35.5. The van der Waals surface area contributed by atoms with Crippen molar-refractivity contribution in [1.29, 1.82) is 0 Å². The molecule has 0 aliphatic carbocycles. The van der Waals surface area contributed by atoms with Crippen molar-refractivity contribution in [1.82, 2.24) is 4.90 Å². The number of amides is 1. The Morgan fingerprint density at radius 1 is 1.69 bits per heavy atom.